The average molecular weight is 365 g/mol. The minimum atomic E-state index is -2.37. The van der Waals surface area contributed by atoms with E-state index in [1.165, 1.54) is 38.5 Å². The Morgan fingerprint density at radius 1 is 0.760 bits per heavy atom. The molecule has 0 amide bonds. The van der Waals surface area contributed by atoms with Crippen molar-refractivity contribution < 1.29 is 4.62 Å². The first kappa shape index (κ1) is 17.5. The van der Waals surface area contributed by atoms with Crippen LogP contribution in [-0.2, 0) is 4.62 Å². The summed E-state index contributed by atoms with van der Waals surface area (Å²) < 4.78 is 14.8. The Morgan fingerprint density at radius 3 is 1.64 bits per heavy atom. The average Bonchev–Trinajstić information content (AvgIpc) is 3.41. The van der Waals surface area contributed by atoms with Crippen LogP contribution in [0.15, 0.2) is 24.3 Å². The SMILES string of the molecule is Nc1ccccc1NO[PH](N1CCCC1)(N1CCCC1)N1CCCC1. The van der Waals surface area contributed by atoms with Crippen LogP contribution in [0.1, 0.15) is 38.5 Å². The van der Waals surface area contributed by atoms with Crippen molar-refractivity contribution in [1.29, 1.82) is 0 Å². The number of nitrogens with zero attached hydrogens (tertiary/aromatic N) is 3. The fraction of sp³-hybridized carbons (Fsp3) is 0.667. The standard InChI is InChI=1S/C18H32N5OP/c19-17-9-1-2-10-18(17)20-24-25(21-11-3-4-12-21,22-13-5-6-14-22)23-15-7-8-16-23/h1-2,9-10,20,25H,3-8,11-16,19H2. The van der Waals surface area contributed by atoms with E-state index in [1.54, 1.807) is 0 Å². The molecule has 3 aliphatic rings. The molecule has 3 aliphatic heterocycles. The molecule has 1 aromatic rings. The molecule has 3 fully saturated rings. The van der Waals surface area contributed by atoms with Gasteiger partial charge in [0.1, 0.15) is 0 Å². The van der Waals surface area contributed by atoms with E-state index in [2.05, 4.69) is 19.5 Å². The number of nitrogens with one attached hydrogen (secondary N) is 1. The van der Waals surface area contributed by atoms with Gasteiger partial charge in [-0.3, -0.25) is 0 Å². The number of anilines is 2. The molecule has 3 saturated heterocycles. The van der Waals surface area contributed by atoms with E-state index in [4.69, 9.17) is 10.4 Å². The zero-order chi connectivity index (χ0) is 17.1. The van der Waals surface area contributed by atoms with E-state index in [0.29, 0.717) is 0 Å². The molecular weight excluding hydrogens is 333 g/mol. The third kappa shape index (κ3) is 3.38. The summed E-state index contributed by atoms with van der Waals surface area (Å²) in [5, 5.41) is 0. The third-order valence-corrected chi connectivity index (χ3v) is 10.0. The summed E-state index contributed by atoms with van der Waals surface area (Å²) >= 11 is 0. The third-order valence-electron chi connectivity index (χ3n) is 5.81. The van der Waals surface area contributed by atoms with Crippen LogP contribution in [-0.4, -0.2) is 53.3 Å². The zero-order valence-electron chi connectivity index (χ0n) is 15.1. The van der Waals surface area contributed by atoms with E-state index in [9.17, 15) is 0 Å². The summed E-state index contributed by atoms with van der Waals surface area (Å²) in [6.07, 6.45) is 7.71. The normalized spacial score (nSPS) is 24.2. The Labute approximate surface area is 151 Å². The van der Waals surface area contributed by atoms with Gasteiger partial charge in [0.05, 0.1) is 0 Å². The van der Waals surface area contributed by atoms with Crippen LogP contribution in [0.5, 0.6) is 0 Å². The van der Waals surface area contributed by atoms with Gasteiger partial charge in [0, 0.05) is 0 Å². The Bertz CT molecular complexity index is 528. The van der Waals surface area contributed by atoms with E-state index < -0.39 is 7.94 Å². The maximum absolute atomic E-state index is 6.74. The number of nitrogens with two attached hydrogens (primary N) is 1. The number of benzene rings is 1. The molecule has 3 N–H and O–H groups in total. The number of nitrogen functional groups attached to an aromatic ring is 1. The van der Waals surface area contributed by atoms with Gasteiger partial charge in [-0.15, -0.1) is 0 Å². The van der Waals surface area contributed by atoms with Crippen molar-refractivity contribution in [2.75, 3.05) is 50.5 Å². The van der Waals surface area contributed by atoms with Crippen LogP contribution in [0.25, 0.3) is 0 Å². The van der Waals surface area contributed by atoms with Crippen molar-refractivity contribution in [2.45, 2.75) is 38.5 Å². The van der Waals surface area contributed by atoms with Gasteiger partial charge < -0.3 is 0 Å². The van der Waals surface area contributed by atoms with Crippen LogP contribution in [0, 0.1) is 0 Å². The number of hydrogen-bond donors (Lipinski definition) is 2. The van der Waals surface area contributed by atoms with Crippen LogP contribution in [0.4, 0.5) is 11.4 Å². The van der Waals surface area contributed by atoms with Gasteiger partial charge in [0.25, 0.3) is 0 Å². The Hall–Kier alpha value is -0.910. The number of rotatable bonds is 6. The summed E-state index contributed by atoms with van der Waals surface area (Å²) in [5.74, 6) is 0. The summed E-state index contributed by atoms with van der Waals surface area (Å²) in [6.45, 7) is 6.95. The molecule has 25 heavy (non-hydrogen) atoms. The van der Waals surface area contributed by atoms with Crippen LogP contribution in [0.3, 0.4) is 0 Å². The monoisotopic (exact) mass is 365 g/mol. The molecule has 6 nitrogen and oxygen atoms in total. The molecule has 1 aromatic carbocycles. The Kier molecular flexibility index (Phi) is 5.44. The van der Waals surface area contributed by atoms with E-state index in [-0.39, 0.29) is 0 Å². The van der Waals surface area contributed by atoms with Gasteiger partial charge in [-0.2, -0.15) is 0 Å². The molecule has 0 aliphatic carbocycles. The molecule has 3 heterocycles. The second-order valence-electron chi connectivity index (χ2n) is 7.45. The van der Waals surface area contributed by atoms with Crippen LogP contribution in [0.2, 0.25) is 0 Å². The summed E-state index contributed by atoms with van der Waals surface area (Å²) in [6, 6.07) is 7.91. The zero-order valence-corrected chi connectivity index (χ0v) is 16.1. The van der Waals surface area contributed by atoms with Crippen molar-refractivity contribution >= 4 is 19.3 Å². The van der Waals surface area contributed by atoms with Gasteiger partial charge in [0.15, 0.2) is 0 Å². The molecule has 0 saturated carbocycles. The molecule has 4 rings (SSSR count). The van der Waals surface area contributed by atoms with Gasteiger partial charge >= 0.3 is 151 Å². The summed E-state index contributed by atoms with van der Waals surface area (Å²) in [7, 11) is -2.37. The van der Waals surface area contributed by atoms with E-state index >= 15 is 0 Å². The minimum absolute atomic E-state index is 0.745. The summed E-state index contributed by atoms with van der Waals surface area (Å²) in [4.78, 5) is 0. The van der Waals surface area contributed by atoms with Crippen LogP contribution >= 0.6 is 7.94 Å². The topological polar surface area (TPSA) is 57.0 Å². The van der Waals surface area contributed by atoms with Crippen molar-refractivity contribution in [3.63, 3.8) is 0 Å². The molecule has 0 radical (unpaired) electrons. The molecule has 0 bridgehead atoms. The van der Waals surface area contributed by atoms with Crippen molar-refractivity contribution in [2.24, 2.45) is 0 Å². The second-order valence-corrected chi connectivity index (χ2v) is 10.7. The molecule has 0 spiro atoms. The van der Waals surface area contributed by atoms with Gasteiger partial charge in [-0.1, -0.05) is 0 Å². The molecule has 140 valence electrons. The molecule has 0 unspecified atom stereocenters. The van der Waals surface area contributed by atoms with Crippen molar-refractivity contribution in [3.8, 4) is 0 Å². The van der Waals surface area contributed by atoms with Crippen molar-refractivity contribution in [1.82, 2.24) is 14.0 Å². The fourth-order valence-corrected chi connectivity index (χ4v) is 9.06. The predicted octanol–water partition coefficient (Wildman–Crippen LogP) is 3.31. The van der Waals surface area contributed by atoms with Crippen LogP contribution < -0.4 is 11.2 Å². The van der Waals surface area contributed by atoms with Crippen molar-refractivity contribution in [3.05, 3.63) is 24.3 Å². The molecule has 0 atom stereocenters. The van der Waals surface area contributed by atoms with Gasteiger partial charge in [-0.05, 0) is 0 Å². The quantitative estimate of drug-likeness (QED) is 0.458. The number of hydrogen-bond acceptors (Lipinski definition) is 6. The fourth-order valence-electron chi connectivity index (χ4n) is 4.53. The van der Waals surface area contributed by atoms with Gasteiger partial charge in [-0.25, -0.2) is 0 Å². The van der Waals surface area contributed by atoms with E-state index in [0.717, 1.165) is 50.6 Å². The van der Waals surface area contributed by atoms with E-state index in [1.807, 2.05) is 24.3 Å². The first-order chi connectivity index (χ1) is 12.3. The predicted molar refractivity (Wildman–Crippen MR) is 106 cm³/mol. The molecular formula is C18H32N5OP. The number of para-hydroxylation sites is 2. The van der Waals surface area contributed by atoms with Gasteiger partial charge in [0.2, 0.25) is 0 Å². The Morgan fingerprint density at radius 2 is 1.20 bits per heavy atom. The molecule has 0 aromatic heterocycles. The molecule has 7 heteroatoms. The summed E-state index contributed by atoms with van der Waals surface area (Å²) in [5.41, 5.74) is 11.1. The second kappa shape index (κ2) is 7.77. The Balaban J connectivity index is 1.64. The first-order valence-corrected chi connectivity index (χ1v) is 11.6. The maximum atomic E-state index is 6.74. The first-order valence-electron chi connectivity index (χ1n) is 9.84.